The van der Waals surface area contributed by atoms with Gasteiger partial charge in [0.25, 0.3) is 5.91 Å². The highest BCUT2D eigenvalue weighted by Gasteiger charge is 2.34. The van der Waals surface area contributed by atoms with E-state index in [-0.39, 0.29) is 18.0 Å². The Morgan fingerprint density at radius 1 is 1.00 bits per heavy atom. The summed E-state index contributed by atoms with van der Waals surface area (Å²) in [5, 5.41) is 0. The number of methoxy groups -OCH3 is 2. The average Bonchev–Trinajstić information content (AvgIpc) is 2.82. The van der Waals surface area contributed by atoms with E-state index in [1.807, 2.05) is 12.1 Å². The van der Waals surface area contributed by atoms with Crippen LogP contribution in [0.25, 0.3) is 0 Å². The summed E-state index contributed by atoms with van der Waals surface area (Å²) < 4.78 is 44.4. The van der Waals surface area contributed by atoms with Gasteiger partial charge < -0.3 is 19.1 Å². The number of halogens is 2. The molecule has 1 aliphatic heterocycles. The number of nitrogens with zero attached hydrogens (tertiary/aromatic N) is 1. The number of benzene rings is 3. The molecular formula is C25H23F2NO4. The van der Waals surface area contributed by atoms with Crippen molar-refractivity contribution >= 4 is 5.91 Å². The Morgan fingerprint density at radius 3 is 2.38 bits per heavy atom. The molecule has 7 heteroatoms. The van der Waals surface area contributed by atoms with E-state index in [4.69, 9.17) is 14.2 Å². The molecule has 0 saturated carbocycles. The van der Waals surface area contributed by atoms with Crippen LogP contribution < -0.4 is 14.2 Å². The molecule has 32 heavy (non-hydrogen) atoms. The number of rotatable bonds is 6. The van der Waals surface area contributed by atoms with Crippen molar-refractivity contribution in [1.29, 1.82) is 0 Å². The van der Waals surface area contributed by atoms with Crippen LogP contribution in [-0.4, -0.2) is 38.2 Å². The van der Waals surface area contributed by atoms with Gasteiger partial charge in [-0.25, -0.2) is 8.78 Å². The molecular weight excluding hydrogens is 416 g/mol. The number of hydrogen-bond donors (Lipinski definition) is 0. The van der Waals surface area contributed by atoms with Crippen molar-refractivity contribution in [3.8, 4) is 17.2 Å². The lowest BCUT2D eigenvalue weighted by Gasteiger charge is -2.37. The minimum atomic E-state index is -0.575. The van der Waals surface area contributed by atoms with E-state index in [2.05, 4.69) is 0 Å². The maximum atomic E-state index is 14.4. The van der Waals surface area contributed by atoms with Crippen LogP contribution in [0.3, 0.4) is 0 Å². The lowest BCUT2D eigenvalue weighted by atomic mass is 9.91. The average molecular weight is 439 g/mol. The fraction of sp³-hybridized carbons (Fsp3) is 0.240. The first-order valence-corrected chi connectivity index (χ1v) is 10.2. The molecule has 0 N–H and O–H groups in total. The summed E-state index contributed by atoms with van der Waals surface area (Å²) in [6, 6.07) is 14.8. The molecule has 0 radical (unpaired) electrons. The lowest BCUT2D eigenvalue weighted by molar-refractivity contribution is 0.0584. The predicted octanol–water partition coefficient (Wildman–Crippen LogP) is 4.80. The standard InChI is InChI=1S/C25H23F2NO4/c1-30-23-13-16-11-12-28(25(29)19-5-3-4-6-21(19)27)22(20(16)14-24(23)31-2)15-32-18-9-7-17(26)8-10-18/h3-10,13-14,22H,11-12,15H2,1-2H3/t22-/m1/s1. The zero-order valence-corrected chi connectivity index (χ0v) is 17.8. The quantitative estimate of drug-likeness (QED) is 0.554. The minimum absolute atomic E-state index is 0.00297. The highest BCUT2D eigenvalue weighted by molar-refractivity contribution is 5.95. The molecule has 0 spiro atoms. The van der Waals surface area contributed by atoms with Crippen LogP contribution in [0.5, 0.6) is 17.2 Å². The van der Waals surface area contributed by atoms with Crippen LogP contribution in [0.15, 0.2) is 60.7 Å². The Balaban J connectivity index is 1.71. The smallest absolute Gasteiger partial charge is 0.257 e. The normalized spacial score (nSPS) is 15.1. The maximum Gasteiger partial charge on any atom is 0.257 e. The van der Waals surface area contributed by atoms with E-state index in [0.717, 1.165) is 11.1 Å². The molecule has 4 rings (SSSR count). The Hall–Kier alpha value is -3.61. The predicted molar refractivity (Wildman–Crippen MR) is 115 cm³/mol. The number of fused-ring (bicyclic) bond motifs is 1. The van der Waals surface area contributed by atoms with Crippen molar-refractivity contribution in [2.45, 2.75) is 12.5 Å². The van der Waals surface area contributed by atoms with Gasteiger partial charge in [-0.3, -0.25) is 4.79 Å². The van der Waals surface area contributed by atoms with E-state index in [1.165, 1.54) is 36.4 Å². The molecule has 0 aliphatic carbocycles. The number of carbonyl (C=O) groups is 1. The Bertz CT molecular complexity index is 1120. The molecule has 0 aromatic heterocycles. The maximum absolute atomic E-state index is 14.4. The topological polar surface area (TPSA) is 48.0 Å². The summed E-state index contributed by atoms with van der Waals surface area (Å²) in [4.78, 5) is 14.9. The summed E-state index contributed by atoms with van der Waals surface area (Å²) in [5.74, 6) is 0.229. The first-order valence-electron chi connectivity index (χ1n) is 10.2. The minimum Gasteiger partial charge on any atom is -0.493 e. The summed E-state index contributed by atoms with van der Waals surface area (Å²) in [7, 11) is 3.11. The second kappa shape index (κ2) is 9.26. The van der Waals surface area contributed by atoms with Crippen molar-refractivity contribution in [1.82, 2.24) is 4.90 Å². The molecule has 0 unspecified atom stereocenters. The van der Waals surface area contributed by atoms with E-state index >= 15 is 0 Å². The second-order valence-corrected chi connectivity index (χ2v) is 7.42. The fourth-order valence-electron chi connectivity index (χ4n) is 3.95. The summed E-state index contributed by atoms with van der Waals surface area (Å²) in [5.41, 5.74) is 1.83. The molecule has 1 aliphatic rings. The number of hydrogen-bond acceptors (Lipinski definition) is 4. The highest BCUT2D eigenvalue weighted by Crippen LogP contribution is 2.39. The van der Waals surface area contributed by atoms with Crippen LogP contribution >= 0.6 is 0 Å². The SMILES string of the molecule is COc1cc2c(cc1OC)[C@@H](COc1ccc(F)cc1)N(C(=O)c1ccccc1F)CC2. The van der Waals surface area contributed by atoms with Gasteiger partial charge in [0.2, 0.25) is 0 Å². The van der Waals surface area contributed by atoms with Gasteiger partial charge in [0, 0.05) is 6.54 Å². The molecule has 1 atom stereocenters. The molecule has 3 aromatic carbocycles. The third-order valence-corrected chi connectivity index (χ3v) is 5.59. The van der Waals surface area contributed by atoms with Gasteiger partial charge in [-0.1, -0.05) is 12.1 Å². The van der Waals surface area contributed by atoms with Gasteiger partial charge in [-0.2, -0.15) is 0 Å². The largest absolute Gasteiger partial charge is 0.493 e. The van der Waals surface area contributed by atoms with Crippen LogP contribution in [0.2, 0.25) is 0 Å². The molecule has 3 aromatic rings. The summed E-state index contributed by atoms with van der Waals surface area (Å²) >= 11 is 0. The van der Waals surface area contributed by atoms with Crippen molar-refractivity contribution in [3.63, 3.8) is 0 Å². The van der Waals surface area contributed by atoms with Gasteiger partial charge in [0.1, 0.15) is 24.0 Å². The van der Waals surface area contributed by atoms with E-state index < -0.39 is 17.8 Å². The molecule has 1 heterocycles. The zero-order valence-electron chi connectivity index (χ0n) is 17.8. The van der Waals surface area contributed by atoms with Gasteiger partial charge in [0.15, 0.2) is 11.5 Å². The fourth-order valence-corrected chi connectivity index (χ4v) is 3.95. The van der Waals surface area contributed by atoms with Gasteiger partial charge in [0.05, 0.1) is 25.8 Å². The highest BCUT2D eigenvalue weighted by atomic mass is 19.1. The third-order valence-electron chi connectivity index (χ3n) is 5.59. The van der Waals surface area contributed by atoms with Crippen LogP contribution in [-0.2, 0) is 6.42 Å². The Morgan fingerprint density at radius 2 is 1.69 bits per heavy atom. The molecule has 5 nitrogen and oxygen atoms in total. The third kappa shape index (κ3) is 4.23. The van der Waals surface area contributed by atoms with E-state index in [1.54, 1.807) is 31.3 Å². The van der Waals surface area contributed by atoms with Gasteiger partial charge in [-0.15, -0.1) is 0 Å². The number of amides is 1. The van der Waals surface area contributed by atoms with Crippen LogP contribution in [0.1, 0.15) is 27.5 Å². The van der Waals surface area contributed by atoms with E-state index in [9.17, 15) is 13.6 Å². The lowest BCUT2D eigenvalue weighted by Crippen LogP contribution is -2.43. The Labute approximate surface area is 185 Å². The van der Waals surface area contributed by atoms with Crippen molar-refractivity contribution < 1.29 is 27.8 Å². The monoisotopic (exact) mass is 439 g/mol. The van der Waals surface area contributed by atoms with Crippen LogP contribution in [0.4, 0.5) is 8.78 Å². The summed E-state index contributed by atoms with van der Waals surface area (Å²) in [6.45, 7) is 0.488. The van der Waals surface area contributed by atoms with Crippen molar-refractivity contribution in [2.75, 3.05) is 27.4 Å². The molecule has 1 amide bonds. The Kier molecular flexibility index (Phi) is 6.25. The number of carbonyl (C=O) groups excluding carboxylic acids is 1. The molecule has 0 bridgehead atoms. The zero-order chi connectivity index (χ0) is 22.7. The molecule has 166 valence electrons. The first-order chi connectivity index (χ1) is 15.5. The van der Waals surface area contributed by atoms with Crippen LogP contribution in [0, 0.1) is 11.6 Å². The summed E-state index contributed by atoms with van der Waals surface area (Å²) in [6.07, 6.45) is 0.572. The molecule has 0 fully saturated rings. The van der Waals surface area contributed by atoms with Crippen molar-refractivity contribution in [3.05, 3.63) is 89.0 Å². The second-order valence-electron chi connectivity index (χ2n) is 7.42. The van der Waals surface area contributed by atoms with Gasteiger partial charge >= 0.3 is 0 Å². The van der Waals surface area contributed by atoms with Gasteiger partial charge in [-0.05, 0) is 66.1 Å². The molecule has 0 saturated heterocycles. The first kappa shape index (κ1) is 21.6. The van der Waals surface area contributed by atoms with Crippen molar-refractivity contribution in [2.24, 2.45) is 0 Å². The number of ether oxygens (including phenoxy) is 3. The van der Waals surface area contributed by atoms with E-state index in [0.29, 0.717) is 30.2 Å².